The molecule has 2 heterocycles. The Bertz CT molecular complexity index is 759. The third-order valence-electron chi connectivity index (χ3n) is 4.83. The monoisotopic (exact) mass is 389 g/mol. The van der Waals surface area contributed by atoms with Crippen molar-refractivity contribution in [2.75, 3.05) is 19.7 Å². The van der Waals surface area contributed by atoms with Crippen LogP contribution in [0.5, 0.6) is 5.75 Å². The van der Waals surface area contributed by atoms with Gasteiger partial charge in [-0.25, -0.2) is 0 Å². The van der Waals surface area contributed by atoms with Crippen LogP contribution in [0.3, 0.4) is 0 Å². The summed E-state index contributed by atoms with van der Waals surface area (Å²) in [7, 11) is 0. The van der Waals surface area contributed by atoms with Gasteiger partial charge in [0.25, 0.3) is 0 Å². The normalized spacial score (nSPS) is 19.4. The van der Waals surface area contributed by atoms with Crippen LogP contribution in [0.4, 0.5) is 0 Å². The maximum Gasteiger partial charge on any atom is 0.322 e. The van der Waals surface area contributed by atoms with Crippen molar-refractivity contribution in [3.8, 4) is 5.75 Å². The number of rotatable bonds is 9. The minimum absolute atomic E-state index is 0.0409. The Kier molecular flexibility index (Phi) is 6.23. The van der Waals surface area contributed by atoms with Crippen molar-refractivity contribution in [2.24, 2.45) is 11.8 Å². The van der Waals surface area contributed by atoms with E-state index in [0.29, 0.717) is 18.1 Å². The van der Waals surface area contributed by atoms with Gasteiger partial charge >= 0.3 is 5.97 Å². The van der Waals surface area contributed by atoms with E-state index in [1.165, 1.54) is 17.7 Å². The summed E-state index contributed by atoms with van der Waals surface area (Å²) >= 11 is 0. The molecule has 0 aromatic carbocycles. The van der Waals surface area contributed by atoms with E-state index in [0.717, 1.165) is 12.3 Å². The minimum Gasteiger partial charge on any atom is -0.492 e. The van der Waals surface area contributed by atoms with Gasteiger partial charge in [0.05, 0.1) is 25.0 Å². The first-order chi connectivity index (χ1) is 13.4. The van der Waals surface area contributed by atoms with E-state index in [1.807, 2.05) is 0 Å². The van der Waals surface area contributed by atoms with Gasteiger partial charge in [0.1, 0.15) is 12.3 Å². The van der Waals surface area contributed by atoms with Crippen LogP contribution < -0.4 is 10.1 Å². The van der Waals surface area contributed by atoms with Gasteiger partial charge in [-0.15, -0.1) is 0 Å². The van der Waals surface area contributed by atoms with E-state index in [9.17, 15) is 19.2 Å². The molecule has 1 aromatic rings. The molecule has 1 atom stereocenters. The zero-order valence-electron chi connectivity index (χ0n) is 15.4. The highest BCUT2D eigenvalue weighted by Crippen LogP contribution is 2.32. The zero-order chi connectivity index (χ0) is 20.1. The lowest BCUT2D eigenvalue weighted by atomic mass is 9.94. The van der Waals surface area contributed by atoms with Crippen LogP contribution in [0.15, 0.2) is 18.3 Å². The number of hydrogen-bond donors (Lipinski definition) is 2. The van der Waals surface area contributed by atoms with Gasteiger partial charge in [-0.1, -0.05) is 12.8 Å². The van der Waals surface area contributed by atoms with Gasteiger partial charge in [0.15, 0.2) is 11.7 Å². The molecule has 1 aliphatic carbocycles. The quantitative estimate of drug-likeness (QED) is 0.585. The number of likely N-dealkylation sites (tertiary alicyclic amines) is 1. The molecule has 9 nitrogen and oxygen atoms in total. The van der Waals surface area contributed by atoms with Crippen molar-refractivity contribution >= 4 is 23.6 Å². The number of hydrogen-bond acceptors (Lipinski definition) is 6. The smallest absolute Gasteiger partial charge is 0.322 e. The zero-order valence-corrected chi connectivity index (χ0v) is 15.4. The third kappa shape index (κ3) is 5.28. The highest BCUT2D eigenvalue weighted by atomic mass is 16.5. The maximum atomic E-state index is 12.5. The average Bonchev–Trinajstić information content (AvgIpc) is 3.48. The molecule has 28 heavy (non-hydrogen) atoms. The van der Waals surface area contributed by atoms with Crippen LogP contribution in [0, 0.1) is 11.8 Å². The molecule has 2 N–H and O–H groups in total. The summed E-state index contributed by atoms with van der Waals surface area (Å²) in [6.45, 7) is 0.379. The van der Waals surface area contributed by atoms with Crippen LogP contribution in [0.1, 0.15) is 31.4 Å². The molecule has 0 spiro atoms. The highest BCUT2D eigenvalue weighted by Gasteiger charge is 2.40. The van der Waals surface area contributed by atoms with Crippen LogP contribution in [0.2, 0.25) is 0 Å². The van der Waals surface area contributed by atoms with E-state index in [4.69, 9.17) is 9.84 Å². The second kappa shape index (κ2) is 8.81. The fourth-order valence-corrected chi connectivity index (χ4v) is 3.04. The molecule has 2 amide bonds. The number of piperidine rings is 1. The van der Waals surface area contributed by atoms with Gasteiger partial charge in [-0.3, -0.25) is 24.2 Å². The molecule has 1 aliphatic heterocycles. The molecule has 1 saturated heterocycles. The molecule has 150 valence electrons. The molecule has 1 aromatic heterocycles. The lowest BCUT2D eigenvalue weighted by Gasteiger charge is -2.30. The molecule has 3 rings (SSSR count). The van der Waals surface area contributed by atoms with Gasteiger partial charge in [-0.05, 0) is 24.5 Å². The number of ketones is 1. The Balaban J connectivity index is 1.55. The number of carbonyl (C=O) groups excluding carboxylic acids is 3. The topological polar surface area (TPSA) is 126 Å². The van der Waals surface area contributed by atoms with Crippen molar-refractivity contribution in [1.82, 2.24) is 15.2 Å². The molecule has 1 saturated carbocycles. The molecule has 2 aliphatic rings. The maximum absolute atomic E-state index is 12.5. The number of carboxylic acid groups (broad SMARTS) is 1. The van der Waals surface area contributed by atoms with E-state index in [1.54, 1.807) is 18.3 Å². The number of Topliss-reactive ketones (excluding diaryl/α,β-unsaturated/α-hetero) is 1. The Morgan fingerprint density at radius 3 is 2.71 bits per heavy atom. The van der Waals surface area contributed by atoms with Crippen molar-refractivity contribution < 1.29 is 29.0 Å². The fourth-order valence-electron chi connectivity index (χ4n) is 3.04. The van der Waals surface area contributed by atoms with Crippen LogP contribution in [-0.2, 0) is 25.7 Å². The number of nitrogens with one attached hydrogen (secondary N) is 1. The van der Waals surface area contributed by atoms with Gasteiger partial charge in [0, 0.05) is 13.0 Å². The first kappa shape index (κ1) is 19.8. The van der Waals surface area contributed by atoms with Crippen LogP contribution in [0.25, 0.3) is 0 Å². The lowest BCUT2D eigenvalue weighted by Crippen LogP contribution is -2.52. The predicted molar refractivity (Wildman–Crippen MR) is 96.2 cm³/mol. The largest absolute Gasteiger partial charge is 0.492 e. The summed E-state index contributed by atoms with van der Waals surface area (Å²) in [5, 5.41) is 10.7. The fraction of sp³-hybridized carbons (Fsp3) is 0.526. The highest BCUT2D eigenvalue weighted by molar-refractivity contribution is 6.19. The Morgan fingerprint density at radius 1 is 1.29 bits per heavy atom. The molecule has 0 radical (unpaired) electrons. The number of nitrogens with zero attached hydrogens (tertiary/aromatic N) is 2. The number of aliphatic carboxylic acids is 1. The summed E-state index contributed by atoms with van der Waals surface area (Å²) in [6.07, 6.45) is 5.24. The number of pyridine rings is 1. The van der Waals surface area contributed by atoms with E-state index < -0.39 is 36.0 Å². The van der Waals surface area contributed by atoms with Crippen molar-refractivity contribution in [2.45, 2.75) is 32.2 Å². The number of amides is 2. The van der Waals surface area contributed by atoms with E-state index in [2.05, 4.69) is 10.3 Å². The number of carboxylic acids is 1. The SMILES string of the molecule is O=C(O)CNC(=O)C1C(=O)CCN(Cc2ccc(OCCC3CC3)cn2)C1=O. The van der Waals surface area contributed by atoms with E-state index >= 15 is 0 Å². The molecular weight excluding hydrogens is 366 g/mol. The van der Waals surface area contributed by atoms with Gasteiger partial charge < -0.3 is 20.1 Å². The summed E-state index contributed by atoms with van der Waals surface area (Å²) < 4.78 is 5.64. The molecule has 2 fully saturated rings. The van der Waals surface area contributed by atoms with Crippen molar-refractivity contribution in [3.05, 3.63) is 24.0 Å². The standard InChI is InChI=1S/C19H23N3O6/c23-15-5-7-22(19(27)17(15)18(26)21-10-16(24)25)11-13-3-4-14(9-20-13)28-8-6-12-1-2-12/h3-4,9,12,17H,1-2,5-8,10-11H2,(H,21,26)(H,24,25). The van der Waals surface area contributed by atoms with Gasteiger partial charge in [0.2, 0.25) is 11.8 Å². The third-order valence-corrected chi connectivity index (χ3v) is 4.83. The summed E-state index contributed by atoms with van der Waals surface area (Å²) in [5.74, 6) is -3.31. The Morgan fingerprint density at radius 2 is 2.07 bits per heavy atom. The van der Waals surface area contributed by atoms with Crippen molar-refractivity contribution in [1.29, 1.82) is 0 Å². The second-order valence-electron chi connectivity index (χ2n) is 7.09. The Labute approximate surface area is 162 Å². The summed E-state index contributed by atoms with van der Waals surface area (Å²) in [4.78, 5) is 52.8. The summed E-state index contributed by atoms with van der Waals surface area (Å²) in [6, 6.07) is 3.53. The predicted octanol–water partition coefficient (Wildman–Crippen LogP) is 0.379. The number of ether oxygens (including phenoxy) is 1. The number of carbonyl (C=O) groups is 4. The lowest BCUT2D eigenvalue weighted by molar-refractivity contribution is -0.152. The molecule has 9 heteroatoms. The molecule has 1 unspecified atom stereocenters. The average molecular weight is 389 g/mol. The summed E-state index contributed by atoms with van der Waals surface area (Å²) in [5.41, 5.74) is 0.613. The van der Waals surface area contributed by atoms with Crippen molar-refractivity contribution in [3.63, 3.8) is 0 Å². The first-order valence-electron chi connectivity index (χ1n) is 9.33. The van der Waals surface area contributed by atoms with Gasteiger partial charge in [-0.2, -0.15) is 0 Å². The number of aromatic nitrogens is 1. The molecular formula is C19H23N3O6. The first-order valence-corrected chi connectivity index (χ1v) is 9.33. The Hall–Kier alpha value is -2.97. The molecule has 0 bridgehead atoms. The minimum atomic E-state index is -1.50. The van der Waals surface area contributed by atoms with Crippen LogP contribution >= 0.6 is 0 Å². The van der Waals surface area contributed by atoms with E-state index in [-0.39, 0.29) is 19.5 Å². The second-order valence-corrected chi connectivity index (χ2v) is 7.09. The van der Waals surface area contributed by atoms with Crippen LogP contribution in [-0.4, -0.2) is 58.3 Å².